The molecule has 0 unspecified atom stereocenters. The Hall–Kier alpha value is -2.69. The van der Waals surface area contributed by atoms with Crippen molar-refractivity contribution in [1.29, 1.82) is 0 Å². The Balaban J connectivity index is 1.94. The number of alkyl halides is 3. The molecule has 3 rings (SSSR count). The van der Waals surface area contributed by atoms with Crippen molar-refractivity contribution >= 4 is 23.2 Å². The molecule has 166 valence electrons. The minimum absolute atomic E-state index is 0.0855. The third-order valence-corrected chi connectivity index (χ3v) is 5.25. The summed E-state index contributed by atoms with van der Waals surface area (Å²) in [5, 5.41) is 15.4. The molecule has 1 aliphatic heterocycles. The van der Waals surface area contributed by atoms with E-state index in [2.05, 4.69) is 15.4 Å². The molecule has 0 aromatic heterocycles. The zero-order chi connectivity index (χ0) is 22.5. The van der Waals surface area contributed by atoms with Crippen LogP contribution in [0, 0.1) is 5.92 Å². The highest BCUT2D eigenvalue weighted by atomic mass is 32.1. The van der Waals surface area contributed by atoms with Crippen LogP contribution < -0.4 is 15.4 Å². The monoisotopic (exact) mass is 454 g/mol. The molecule has 1 aliphatic rings. The topological polar surface area (TPSA) is 79.8 Å². The molecule has 31 heavy (non-hydrogen) atoms. The van der Waals surface area contributed by atoms with Crippen LogP contribution in [-0.4, -0.2) is 42.3 Å². The van der Waals surface area contributed by atoms with Gasteiger partial charge in [0.2, 0.25) is 0 Å². The van der Waals surface area contributed by atoms with Gasteiger partial charge in [0.15, 0.2) is 5.11 Å². The van der Waals surface area contributed by atoms with Gasteiger partial charge < -0.3 is 19.9 Å². The number of benzene rings is 2. The number of carbonyl (C=O) groups is 1. The number of para-hydroxylation sites is 1. The Bertz CT molecular complexity index is 926. The Labute approximate surface area is 182 Å². The van der Waals surface area contributed by atoms with Crippen LogP contribution in [0.15, 0.2) is 54.6 Å². The molecule has 2 aromatic rings. The van der Waals surface area contributed by atoms with E-state index in [-0.39, 0.29) is 23.9 Å². The standard InChI is InChI=1S/C21H21F3N2O4S/c22-21(23,24)30-17-9-5-4-8-16(17)20(13-29-11-10-15(20)12-27)26-19(31)25-18(28)14-6-2-1-3-7-14/h1-9,15,27H,10-13H2,(H2,25,26,28,31)/t15-,20-/m0/s1. The fourth-order valence-electron chi connectivity index (χ4n) is 3.62. The van der Waals surface area contributed by atoms with Gasteiger partial charge >= 0.3 is 6.36 Å². The highest BCUT2D eigenvalue weighted by molar-refractivity contribution is 7.80. The fraction of sp³-hybridized carbons (Fsp3) is 0.333. The summed E-state index contributed by atoms with van der Waals surface area (Å²) in [5.41, 5.74) is -0.877. The summed E-state index contributed by atoms with van der Waals surface area (Å²) >= 11 is 5.29. The maximum absolute atomic E-state index is 13.0. The predicted octanol–water partition coefficient (Wildman–Crippen LogP) is 3.11. The van der Waals surface area contributed by atoms with Gasteiger partial charge in [-0.25, -0.2) is 0 Å². The van der Waals surface area contributed by atoms with Crippen LogP contribution in [0.4, 0.5) is 13.2 Å². The van der Waals surface area contributed by atoms with Gasteiger partial charge in [-0.2, -0.15) is 0 Å². The van der Waals surface area contributed by atoms with Crippen LogP contribution in [0.25, 0.3) is 0 Å². The normalized spacial score (nSPS) is 21.2. The van der Waals surface area contributed by atoms with E-state index < -0.39 is 29.5 Å². The van der Waals surface area contributed by atoms with Gasteiger partial charge in [-0.1, -0.05) is 36.4 Å². The number of hydrogen-bond donors (Lipinski definition) is 3. The van der Waals surface area contributed by atoms with E-state index in [4.69, 9.17) is 17.0 Å². The number of halogens is 3. The number of amides is 1. The second-order valence-electron chi connectivity index (χ2n) is 7.01. The second-order valence-corrected chi connectivity index (χ2v) is 7.42. The number of hydrogen-bond acceptors (Lipinski definition) is 5. The molecule has 1 amide bonds. The van der Waals surface area contributed by atoms with E-state index in [9.17, 15) is 23.1 Å². The molecule has 0 spiro atoms. The Morgan fingerprint density at radius 2 is 1.87 bits per heavy atom. The molecular weight excluding hydrogens is 433 g/mol. The lowest BCUT2D eigenvalue weighted by Gasteiger charge is -2.45. The zero-order valence-electron chi connectivity index (χ0n) is 16.3. The van der Waals surface area contributed by atoms with E-state index in [1.54, 1.807) is 36.4 Å². The van der Waals surface area contributed by atoms with E-state index in [0.29, 0.717) is 18.6 Å². The van der Waals surface area contributed by atoms with E-state index >= 15 is 0 Å². The van der Waals surface area contributed by atoms with Gasteiger partial charge in [-0.05, 0) is 36.8 Å². The summed E-state index contributed by atoms with van der Waals surface area (Å²) in [6.45, 7) is -0.107. The van der Waals surface area contributed by atoms with Crippen molar-refractivity contribution in [3.05, 3.63) is 65.7 Å². The first kappa shape index (κ1) is 23.0. The Kier molecular flexibility index (Phi) is 7.14. The molecule has 2 atom stereocenters. The molecule has 0 aliphatic carbocycles. The second kappa shape index (κ2) is 9.63. The SMILES string of the molecule is O=C(NC(=S)N[C@@]1(c2ccccc2OC(F)(F)F)COCC[C@H]1CO)c1ccccc1. The van der Waals surface area contributed by atoms with Crippen molar-refractivity contribution in [1.82, 2.24) is 10.6 Å². The maximum atomic E-state index is 13.0. The average Bonchev–Trinajstić information content (AvgIpc) is 2.73. The lowest BCUT2D eigenvalue weighted by molar-refractivity contribution is -0.275. The first-order valence-electron chi connectivity index (χ1n) is 9.47. The first-order valence-corrected chi connectivity index (χ1v) is 9.88. The molecule has 1 saturated heterocycles. The zero-order valence-corrected chi connectivity index (χ0v) is 17.1. The number of rotatable bonds is 5. The number of nitrogens with one attached hydrogen (secondary N) is 2. The van der Waals surface area contributed by atoms with Gasteiger partial charge in [0.05, 0.1) is 12.1 Å². The van der Waals surface area contributed by atoms with Crippen molar-refractivity contribution < 1.29 is 32.5 Å². The van der Waals surface area contributed by atoms with Crippen LogP contribution >= 0.6 is 12.2 Å². The number of aliphatic hydroxyl groups excluding tert-OH is 1. The molecule has 1 heterocycles. The molecule has 0 bridgehead atoms. The largest absolute Gasteiger partial charge is 0.573 e. The van der Waals surface area contributed by atoms with Crippen LogP contribution in [0.3, 0.4) is 0 Å². The lowest BCUT2D eigenvalue weighted by Crippen LogP contribution is -2.60. The average molecular weight is 454 g/mol. The van der Waals surface area contributed by atoms with Gasteiger partial charge in [0.25, 0.3) is 5.91 Å². The van der Waals surface area contributed by atoms with Crippen molar-refractivity contribution in [2.24, 2.45) is 5.92 Å². The van der Waals surface area contributed by atoms with Crippen molar-refractivity contribution in [2.75, 3.05) is 19.8 Å². The molecule has 0 saturated carbocycles. The number of carbonyl (C=O) groups excluding carboxylic acids is 1. The summed E-state index contributed by atoms with van der Waals surface area (Å²) in [6, 6.07) is 13.9. The quantitative estimate of drug-likeness (QED) is 0.603. The van der Waals surface area contributed by atoms with Crippen LogP contribution in [0.5, 0.6) is 5.75 Å². The van der Waals surface area contributed by atoms with Crippen LogP contribution in [-0.2, 0) is 10.3 Å². The summed E-state index contributed by atoms with van der Waals surface area (Å²) in [6.07, 6.45) is -4.55. The van der Waals surface area contributed by atoms with Gasteiger partial charge in [0, 0.05) is 30.3 Å². The minimum Gasteiger partial charge on any atom is -0.405 e. The number of aliphatic hydroxyl groups is 1. The molecule has 10 heteroatoms. The number of ether oxygens (including phenoxy) is 2. The predicted molar refractivity (Wildman–Crippen MR) is 110 cm³/mol. The lowest BCUT2D eigenvalue weighted by atomic mass is 9.75. The van der Waals surface area contributed by atoms with Gasteiger partial charge in [-0.3, -0.25) is 10.1 Å². The minimum atomic E-state index is -4.91. The van der Waals surface area contributed by atoms with Crippen molar-refractivity contribution in [2.45, 2.75) is 18.3 Å². The van der Waals surface area contributed by atoms with E-state index in [1.165, 1.54) is 18.2 Å². The highest BCUT2D eigenvalue weighted by Crippen LogP contribution is 2.41. The molecule has 6 nitrogen and oxygen atoms in total. The summed E-state index contributed by atoms with van der Waals surface area (Å²) < 4.78 is 48.8. The van der Waals surface area contributed by atoms with Crippen molar-refractivity contribution in [3.63, 3.8) is 0 Å². The van der Waals surface area contributed by atoms with E-state index in [1.807, 2.05) is 0 Å². The fourth-order valence-corrected chi connectivity index (χ4v) is 3.90. The number of thiocarbonyl (C=S) groups is 1. The summed E-state index contributed by atoms with van der Waals surface area (Å²) in [5.74, 6) is -1.47. The molecule has 1 fully saturated rings. The summed E-state index contributed by atoms with van der Waals surface area (Å²) in [4.78, 5) is 12.5. The van der Waals surface area contributed by atoms with Crippen LogP contribution in [0.1, 0.15) is 22.3 Å². The summed E-state index contributed by atoms with van der Waals surface area (Å²) in [7, 11) is 0. The maximum Gasteiger partial charge on any atom is 0.573 e. The van der Waals surface area contributed by atoms with Gasteiger partial charge in [0.1, 0.15) is 5.75 Å². The Morgan fingerprint density at radius 3 is 2.55 bits per heavy atom. The first-order chi connectivity index (χ1) is 14.7. The van der Waals surface area contributed by atoms with Crippen LogP contribution in [0.2, 0.25) is 0 Å². The molecule has 0 radical (unpaired) electrons. The smallest absolute Gasteiger partial charge is 0.405 e. The van der Waals surface area contributed by atoms with Crippen molar-refractivity contribution in [3.8, 4) is 5.75 Å². The Morgan fingerprint density at radius 1 is 1.19 bits per heavy atom. The van der Waals surface area contributed by atoms with E-state index in [0.717, 1.165) is 0 Å². The third kappa shape index (κ3) is 5.52. The molecular formula is C21H21F3N2O4S. The highest BCUT2D eigenvalue weighted by Gasteiger charge is 2.46. The third-order valence-electron chi connectivity index (χ3n) is 5.05. The molecule has 2 aromatic carbocycles. The van der Waals surface area contributed by atoms with Gasteiger partial charge in [-0.15, -0.1) is 13.2 Å². The molecule has 3 N–H and O–H groups in total.